The van der Waals surface area contributed by atoms with Gasteiger partial charge in [-0.3, -0.25) is 0 Å². The van der Waals surface area contributed by atoms with Crippen LogP contribution < -0.4 is 9.80 Å². The first-order valence-electron chi connectivity index (χ1n) is 22.2. The van der Waals surface area contributed by atoms with Gasteiger partial charge in [-0.1, -0.05) is 133 Å². The van der Waals surface area contributed by atoms with Crippen LogP contribution in [0.4, 0.5) is 28.4 Å². The minimum Gasteiger partial charge on any atom is -0.311 e. The van der Waals surface area contributed by atoms with E-state index in [-0.39, 0.29) is 0 Å². The number of hydrogen-bond acceptors (Lipinski definition) is 2. The van der Waals surface area contributed by atoms with E-state index in [2.05, 4.69) is 262 Å². The third kappa shape index (κ3) is 6.47. The van der Waals surface area contributed by atoms with Gasteiger partial charge in [0.1, 0.15) is 0 Å². The van der Waals surface area contributed by atoms with Gasteiger partial charge in [-0.05, 0) is 133 Å². The average Bonchev–Trinajstić information content (AvgIpc) is 3.88. The van der Waals surface area contributed by atoms with Crippen molar-refractivity contribution in [3.63, 3.8) is 0 Å². The molecule has 4 heteroatoms. The smallest absolute Gasteiger partial charge is 0.0561 e. The fourth-order valence-corrected chi connectivity index (χ4v) is 9.75. The number of allylic oxidation sites excluding steroid dienone is 3. The summed E-state index contributed by atoms with van der Waals surface area (Å²) in [4.78, 5) is 4.76. The van der Waals surface area contributed by atoms with Crippen LogP contribution in [0.25, 0.3) is 66.1 Å². The van der Waals surface area contributed by atoms with Crippen LogP contribution in [0.15, 0.2) is 248 Å². The van der Waals surface area contributed by atoms with Crippen LogP contribution in [0.3, 0.4) is 0 Å². The third-order valence-corrected chi connectivity index (χ3v) is 12.7. The lowest BCUT2D eigenvalue weighted by Gasteiger charge is -2.28. The molecule has 2 aromatic heterocycles. The topological polar surface area (TPSA) is 16.3 Å². The molecule has 11 aromatic rings. The van der Waals surface area contributed by atoms with Crippen LogP contribution in [0.5, 0.6) is 0 Å². The van der Waals surface area contributed by atoms with Crippen LogP contribution in [-0.4, -0.2) is 9.13 Å². The first kappa shape index (κ1) is 37.4. The third-order valence-electron chi connectivity index (χ3n) is 12.7. The molecular formula is C60H44N4. The van der Waals surface area contributed by atoms with Gasteiger partial charge in [-0.25, -0.2) is 0 Å². The molecule has 0 radical (unpaired) electrons. The van der Waals surface area contributed by atoms with Gasteiger partial charge in [-0.15, -0.1) is 0 Å². The fourth-order valence-electron chi connectivity index (χ4n) is 9.75. The van der Waals surface area contributed by atoms with Gasteiger partial charge < -0.3 is 18.9 Å². The maximum atomic E-state index is 2.40. The molecule has 0 spiro atoms. The van der Waals surface area contributed by atoms with E-state index in [0.29, 0.717) is 0 Å². The summed E-state index contributed by atoms with van der Waals surface area (Å²) in [6.45, 7) is 0. The van der Waals surface area contributed by atoms with E-state index in [1.165, 1.54) is 60.4 Å². The van der Waals surface area contributed by atoms with E-state index in [4.69, 9.17) is 0 Å². The van der Waals surface area contributed by atoms with Gasteiger partial charge in [0.15, 0.2) is 0 Å². The largest absolute Gasteiger partial charge is 0.311 e. The first-order valence-corrected chi connectivity index (χ1v) is 22.2. The molecule has 0 fully saturated rings. The van der Waals surface area contributed by atoms with Crippen molar-refractivity contribution in [2.24, 2.45) is 0 Å². The molecule has 0 saturated heterocycles. The predicted octanol–water partition coefficient (Wildman–Crippen LogP) is 16.4. The Balaban J connectivity index is 0.905. The Morgan fingerprint density at radius 3 is 1.38 bits per heavy atom. The lowest BCUT2D eigenvalue weighted by molar-refractivity contribution is 0.997. The summed E-state index contributed by atoms with van der Waals surface area (Å²) >= 11 is 0. The summed E-state index contributed by atoms with van der Waals surface area (Å²) < 4.78 is 4.76. The highest BCUT2D eigenvalue weighted by Crippen LogP contribution is 2.42. The van der Waals surface area contributed by atoms with Gasteiger partial charge in [0.25, 0.3) is 0 Å². The van der Waals surface area contributed by atoms with Crippen LogP contribution in [0, 0.1) is 0 Å². The molecule has 64 heavy (non-hydrogen) atoms. The second-order valence-corrected chi connectivity index (χ2v) is 16.5. The molecule has 0 atom stereocenters. The number of nitrogens with zero attached hydrogens (tertiary/aromatic N) is 4. The number of hydrogen-bond donors (Lipinski definition) is 0. The van der Waals surface area contributed by atoms with Crippen LogP contribution in [-0.2, 0) is 0 Å². The van der Waals surface area contributed by atoms with Gasteiger partial charge in [0, 0.05) is 67.1 Å². The zero-order valence-corrected chi connectivity index (χ0v) is 35.3. The molecule has 4 nitrogen and oxygen atoms in total. The maximum Gasteiger partial charge on any atom is 0.0561 e. The summed E-state index contributed by atoms with van der Waals surface area (Å²) in [5.74, 6) is 0. The number of para-hydroxylation sites is 5. The van der Waals surface area contributed by atoms with E-state index in [1.807, 2.05) is 0 Å². The second kappa shape index (κ2) is 15.8. The molecule has 1 aliphatic carbocycles. The van der Waals surface area contributed by atoms with Crippen LogP contribution in [0.2, 0.25) is 0 Å². The average molecular weight is 821 g/mol. The van der Waals surface area contributed by atoms with Crippen molar-refractivity contribution in [1.82, 2.24) is 9.13 Å². The molecule has 1 aliphatic rings. The van der Waals surface area contributed by atoms with Crippen molar-refractivity contribution in [2.45, 2.75) is 12.8 Å². The van der Waals surface area contributed by atoms with Gasteiger partial charge >= 0.3 is 0 Å². The van der Waals surface area contributed by atoms with Crippen molar-refractivity contribution >= 4 is 72.0 Å². The van der Waals surface area contributed by atoms with Crippen LogP contribution >= 0.6 is 0 Å². The summed E-state index contributed by atoms with van der Waals surface area (Å²) in [5, 5.41) is 4.96. The SMILES string of the molecule is C1=CC(N(c2ccc(-c3ccc(N(c4ccccc4)c4ccc5c(c4)c4ccccc4n5-c4ccccc4)cc3)cc2)c2ccc3c4ccccc4n(-c4ccccc4)c3c2)=CCC1. The molecule has 0 aliphatic heterocycles. The minimum atomic E-state index is 1.02. The molecule has 0 bridgehead atoms. The zero-order chi connectivity index (χ0) is 42.4. The molecule has 12 rings (SSSR count). The zero-order valence-electron chi connectivity index (χ0n) is 35.3. The van der Waals surface area contributed by atoms with E-state index < -0.39 is 0 Å². The number of fused-ring (bicyclic) bond motifs is 6. The summed E-state index contributed by atoms with van der Waals surface area (Å²) in [6.07, 6.45) is 9.00. The number of rotatable bonds is 9. The molecular weight excluding hydrogens is 777 g/mol. The van der Waals surface area contributed by atoms with E-state index in [9.17, 15) is 0 Å². The molecule has 0 unspecified atom stereocenters. The highest BCUT2D eigenvalue weighted by atomic mass is 15.2. The molecule has 304 valence electrons. The van der Waals surface area contributed by atoms with Gasteiger partial charge in [0.2, 0.25) is 0 Å². The quantitative estimate of drug-likeness (QED) is 0.144. The highest BCUT2D eigenvalue weighted by molar-refractivity contribution is 6.11. The van der Waals surface area contributed by atoms with Gasteiger partial charge in [-0.2, -0.15) is 0 Å². The lowest BCUT2D eigenvalue weighted by Crippen LogP contribution is -2.16. The van der Waals surface area contributed by atoms with E-state index in [0.717, 1.165) is 52.7 Å². The van der Waals surface area contributed by atoms with Crippen LogP contribution in [0.1, 0.15) is 12.8 Å². The van der Waals surface area contributed by atoms with Crippen molar-refractivity contribution < 1.29 is 0 Å². The van der Waals surface area contributed by atoms with Crippen molar-refractivity contribution in [1.29, 1.82) is 0 Å². The maximum absolute atomic E-state index is 2.40. The molecule has 0 N–H and O–H groups in total. The Bertz CT molecular complexity index is 3520. The van der Waals surface area contributed by atoms with E-state index in [1.54, 1.807) is 0 Å². The minimum absolute atomic E-state index is 1.02. The number of benzene rings is 9. The molecule has 9 aromatic carbocycles. The van der Waals surface area contributed by atoms with Gasteiger partial charge in [0.05, 0.1) is 22.1 Å². The Kier molecular flexibility index (Phi) is 9.27. The normalized spacial score (nSPS) is 12.6. The van der Waals surface area contributed by atoms with Crippen molar-refractivity contribution in [2.75, 3.05) is 9.80 Å². The summed E-state index contributed by atoms with van der Waals surface area (Å²) in [5.41, 5.74) is 16.2. The lowest BCUT2D eigenvalue weighted by atomic mass is 10.0. The standard InChI is InChI=1S/C60H44N4/c1-5-17-45(18-6-1)61(51-38-40-59-56(41-51)54-26-14-16-28-58(54)63(59)47-21-9-3-10-22-47)49-33-29-43(30-34-49)44-31-35-50(36-32-44)62(46-19-7-2-8-20-46)52-37-39-55-53-25-13-15-27-57(53)64(60(55)42-52)48-23-11-4-12-24-48/h1,3-7,9-42H,2,8H2. The molecule has 0 amide bonds. The van der Waals surface area contributed by atoms with E-state index >= 15 is 0 Å². The summed E-state index contributed by atoms with van der Waals surface area (Å²) in [6, 6.07) is 81.3. The number of aromatic nitrogens is 2. The van der Waals surface area contributed by atoms with Crippen molar-refractivity contribution in [3.05, 3.63) is 248 Å². The Morgan fingerprint density at radius 2 is 0.766 bits per heavy atom. The predicted molar refractivity (Wildman–Crippen MR) is 270 cm³/mol. The summed E-state index contributed by atoms with van der Waals surface area (Å²) in [7, 11) is 0. The monoisotopic (exact) mass is 820 g/mol. The Hall–Kier alpha value is -8.34. The molecule has 0 saturated carbocycles. The Labute approximate surface area is 373 Å². The second-order valence-electron chi connectivity index (χ2n) is 16.5. The Morgan fingerprint density at radius 1 is 0.312 bits per heavy atom. The van der Waals surface area contributed by atoms with Crippen molar-refractivity contribution in [3.8, 4) is 22.5 Å². The fraction of sp³-hybridized carbons (Fsp3) is 0.0333. The highest BCUT2D eigenvalue weighted by Gasteiger charge is 2.20. The number of anilines is 5. The molecule has 2 heterocycles. The first-order chi connectivity index (χ1) is 31.8.